The van der Waals surface area contributed by atoms with Crippen LogP contribution in [0, 0.1) is 0 Å². The second-order valence-electron chi connectivity index (χ2n) is 9.04. The molecular weight excluding hydrogens is 474 g/mol. The van der Waals surface area contributed by atoms with Gasteiger partial charge in [-0.05, 0) is 41.3 Å². The van der Waals surface area contributed by atoms with Gasteiger partial charge < -0.3 is 19.3 Å². The summed E-state index contributed by atoms with van der Waals surface area (Å²) < 4.78 is 11.7. The van der Waals surface area contributed by atoms with Crippen molar-refractivity contribution in [1.82, 2.24) is 10.4 Å². The number of carbonyl (C=O) groups excluding carboxylic acids is 3. The van der Waals surface area contributed by atoms with E-state index in [1.165, 1.54) is 0 Å². The van der Waals surface area contributed by atoms with Crippen molar-refractivity contribution < 1.29 is 29.1 Å². The number of amides is 3. The number of benzene rings is 3. The molecule has 1 saturated heterocycles. The lowest BCUT2D eigenvalue weighted by Crippen LogP contribution is -2.43. The first-order chi connectivity index (χ1) is 18.0. The van der Waals surface area contributed by atoms with Crippen molar-refractivity contribution in [3.63, 3.8) is 0 Å². The molecule has 9 nitrogen and oxygen atoms in total. The van der Waals surface area contributed by atoms with E-state index in [1.807, 2.05) is 36.4 Å². The second-order valence-corrected chi connectivity index (χ2v) is 9.04. The van der Waals surface area contributed by atoms with Crippen LogP contribution in [0.25, 0.3) is 0 Å². The Balaban J connectivity index is 1.51. The lowest BCUT2D eigenvalue weighted by molar-refractivity contribution is -0.134. The van der Waals surface area contributed by atoms with Crippen LogP contribution in [0.1, 0.15) is 39.9 Å². The van der Waals surface area contributed by atoms with Gasteiger partial charge in [0.25, 0.3) is 5.91 Å². The van der Waals surface area contributed by atoms with E-state index >= 15 is 0 Å². The van der Waals surface area contributed by atoms with Crippen molar-refractivity contribution in [1.29, 1.82) is 0 Å². The Kier molecular flexibility index (Phi) is 6.78. The van der Waals surface area contributed by atoms with Gasteiger partial charge in [0.1, 0.15) is 12.6 Å². The fourth-order valence-corrected chi connectivity index (χ4v) is 4.82. The number of methoxy groups -OCH3 is 1. The summed E-state index contributed by atoms with van der Waals surface area (Å²) in [6.45, 7) is 0.874. The van der Waals surface area contributed by atoms with Gasteiger partial charge in [-0.15, -0.1) is 0 Å². The van der Waals surface area contributed by atoms with Gasteiger partial charge >= 0.3 is 0 Å². The standard InChI is InChI=1S/C28H27N3O6/c1-36-24-14-23-21(13-25(24)37-17-19-5-3-2-4-6-19)16-30-22(11-12-26(30)32)28(34)31(23)15-18-7-9-20(10-8-18)27(33)29-35/h2-10,13-14,22,35H,11-12,15-17H2,1H3,(H,29,33)/t22-/m0/s1. The molecule has 2 N–H and O–H groups in total. The molecule has 3 aromatic carbocycles. The van der Waals surface area contributed by atoms with Crippen molar-refractivity contribution in [3.05, 3.63) is 89.0 Å². The number of anilines is 1. The lowest BCUT2D eigenvalue weighted by Gasteiger charge is -2.26. The van der Waals surface area contributed by atoms with E-state index in [-0.39, 0.29) is 18.4 Å². The van der Waals surface area contributed by atoms with Gasteiger partial charge in [-0.2, -0.15) is 0 Å². The third-order valence-electron chi connectivity index (χ3n) is 6.77. The van der Waals surface area contributed by atoms with Gasteiger partial charge in [0.05, 0.1) is 19.3 Å². The maximum absolute atomic E-state index is 13.7. The van der Waals surface area contributed by atoms with Crippen LogP contribution < -0.4 is 19.9 Å². The Morgan fingerprint density at radius 3 is 2.49 bits per heavy atom. The number of hydrogen-bond acceptors (Lipinski definition) is 6. The predicted octanol–water partition coefficient (Wildman–Crippen LogP) is 3.43. The van der Waals surface area contributed by atoms with Gasteiger partial charge in [0.15, 0.2) is 11.5 Å². The first-order valence-electron chi connectivity index (χ1n) is 12.0. The highest BCUT2D eigenvalue weighted by Gasteiger charge is 2.42. The van der Waals surface area contributed by atoms with Gasteiger partial charge in [0, 0.05) is 24.6 Å². The first-order valence-corrected chi connectivity index (χ1v) is 12.0. The molecule has 2 aliphatic rings. The quantitative estimate of drug-likeness (QED) is 0.379. The molecule has 0 aliphatic carbocycles. The summed E-state index contributed by atoms with van der Waals surface area (Å²) in [7, 11) is 1.55. The fourth-order valence-electron chi connectivity index (χ4n) is 4.82. The summed E-state index contributed by atoms with van der Waals surface area (Å²) in [6, 6.07) is 19.5. The third-order valence-corrected chi connectivity index (χ3v) is 6.77. The van der Waals surface area contributed by atoms with E-state index in [0.717, 1.165) is 16.7 Å². The number of nitrogens with zero attached hydrogens (tertiary/aromatic N) is 2. The molecule has 0 spiro atoms. The van der Waals surface area contributed by atoms with Crippen molar-refractivity contribution in [2.24, 2.45) is 0 Å². The van der Waals surface area contributed by atoms with Gasteiger partial charge in [0.2, 0.25) is 11.8 Å². The number of fused-ring (bicyclic) bond motifs is 2. The molecule has 0 aromatic heterocycles. The van der Waals surface area contributed by atoms with Crippen molar-refractivity contribution in [2.45, 2.75) is 38.6 Å². The van der Waals surface area contributed by atoms with E-state index in [0.29, 0.717) is 48.7 Å². The molecular formula is C28H27N3O6. The molecule has 2 aliphatic heterocycles. The summed E-state index contributed by atoms with van der Waals surface area (Å²) in [6.07, 6.45) is 0.796. The van der Waals surface area contributed by atoms with Crippen LogP contribution in [-0.4, -0.2) is 41.0 Å². The Labute approximate surface area is 214 Å². The summed E-state index contributed by atoms with van der Waals surface area (Å²) >= 11 is 0. The van der Waals surface area contributed by atoms with Gasteiger partial charge in [-0.25, -0.2) is 5.48 Å². The summed E-state index contributed by atoms with van der Waals surface area (Å²) in [5.41, 5.74) is 5.13. The zero-order valence-electron chi connectivity index (χ0n) is 20.3. The largest absolute Gasteiger partial charge is 0.493 e. The van der Waals surface area contributed by atoms with E-state index in [9.17, 15) is 14.4 Å². The number of rotatable bonds is 7. The molecule has 0 bridgehead atoms. The zero-order valence-corrected chi connectivity index (χ0v) is 20.3. The lowest BCUT2D eigenvalue weighted by atomic mass is 10.1. The summed E-state index contributed by atoms with van der Waals surface area (Å²) in [5, 5.41) is 8.87. The number of hydrogen-bond donors (Lipinski definition) is 2. The topological polar surface area (TPSA) is 108 Å². The minimum atomic E-state index is -0.615. The molecule has 0 unspecified atom stereocenters. The smallest absolute Gasteiger partial charge is 0.274 e. The van der Waals surface area contributed by atoms with Crippen molar-refractivity contribution >= 4 is 23.4 Å². The Morgan fingerprint density at radius 2 is 1.78 bits per heavy atom. The molecule has 5 rings (SSSR count). The number of nitrogens with one attached hydrogen (secondary N) is 1. The third kappa shape index (κ3) is 4.85. The SMILES string of the molecule is COc1cc2c(cc1OCc1ccccc1)CN1C(=O)CC[C@H]1C(=O)N2Cc1ccc(C(=O)NO)cc1. The molecule has 1 atom stereocenters. The van der Waals surface area contributed by atoms with Crippen LogP contribution in [0.15, 0.2) is 66.7 Å². The van der Waals surface area contributed by atoms with Gasteiger partial charge in [-0.1, -0.05) is 42.5 Å². The average Bonchev–Trinajstić information content (AvgIpc) is 3.25. The summed E-state index contributed by atoms with van der Waals surface area (Å²) in [4.78, 5) is 41.4. The highest BCUT2D eigenvalue weighted by Crippen LogP contribution is 2.41. The zero-order chi connectivity index (χ0) is 25.9. The van der Waals surface area contributed by atoms with Crippen LogP contribution in [0.4, 0.5) is 5.69 Å². The normalized spacial score (nSPS) is 16.6. The Hall–Kier alpha value is -4.37. The second kappa shape index (κ2) is 10.3. The molecule has 1 fully saturated rings. The highest BCUT2D eigenvalue weighted by atomic mass is 16.5. The van der Waals surface area contributed by atoms with Crippen LogP contribution in [0.3, 0.4) is 0 Å². The fraction of sp³-hybridized carbons (Fsp3) is 0.250. The average molecular weight is 502 g/mol. The van der Waals surface area contributed by atoms with Crippen LogP contribution in [0.5, 0.6) is 11.5 Å². The van der Waals surface area contributed by atoms with E-state index < -0.39 is 11.9 Å². The minimum Gasteiger partial charge on any atom is -0.493 e. The molecule has 190 valence electrons. The molecule has 0 radical (unpaired) electrons. The van der Waals surface area contributed by atoms with E-state index in [1.54, 1.807) is 52.7 Å². The van der Waals surface area contributed by atoms with Gasteiger partial charge in [-0.3, -0.25) is 19.6 Å². The molecule has 3 aromatic rings. The maximum atomic E-state index is 13.7. The van der Waals surface area contributed by atoms with Crippen LogP contribution in [-0.2, 0) is 29.3 Å². The predicted molar refractivity (Wildman–Crippen MR) is 134 cm³/mol. The highest BCUT2D eigenvalue weighted by molar-refractivity contribution is 6.02. The van der Waals surface area contributed by atoms with Crippen molar-refractivity contribution in [2.75, 3.05) is 12.0 Å². The minimum absolute atomic E-state index is 0.0481. The van der Waals surface area contributed by atoms with E-state index in [4.69, 9.17) is 14.7 Å². The first kappa shape index (κ1) is 24.3. The Bertz CT molecular complexity index is 1330. The molecule has 9 heteroatoms. The van der Waals surface area contributed by atoms with Crippen LogP contribution in [0.2, 0.25) is 0 Å². The van der Waals surface area contributed by atoms with Crippen molar-refractivity contribution in [3.8, 4) is 11.5 Å². The maximum Gasteiger partial charge on any atom is 0.274 e. The molecule has 3 amide bonds. The molecule has 2 heterocycles. The monoisotopic (exact) mass is 501 g/mol. The molecule has 0 saturated carbocycles. The van der Waals surface area contributed by atoms with E-state index in [2.05, 4.69) is 0 Å². The number of hydroxylamine groups is 1. The Morgan fingerprint density at radius 1 is 1.03 bits per heavy atom. The molecule has 37 heavy (non-hydrogen) atoms. The van der Waals surface area contributed by atoms with Crippen LogP contribution >= 0.6 is 0 Å². The number of ether oxygens (including phenoxy) is 2. The summed E-state index contributed by atoms with van der Waals surface area (Å²) in [5.74, 6) is 0.184. The number of carbonyl (C=O) groups is 3.